The van der Waals surface area contributed by atoms with Crippen LogP contribution in [0.15, 0.2) is 66.3 Å². The predicted molar refractivity (Wildman–Crippen MR) is 316 cm³/mol. The van der Waals surface area contributed by atoms with Gasteiger partial charge >= 0.3 is 17.9 Å². The number of ether oxygens (including phenoxy) is 4. The standard InChI is InChI=1S/C41H64F2O7.C19H24N2O4.C4H4O4.2H2O/c1-5-7-8-9-10-11-12-13-14-15-16-17-18-20-36(47)48-27-34(46)41-35(49-37(50-41)19-6-2)25-29-30-24-32(42)31-23-28(44)21-22-38(31,3)40(30,43)33(45)26-39(29,41)4;1-13(9-14-3-6-16(25-2)7-4-14)20-11-19(24)15-5-8-18(23)17(10-15)21-12-22;5-3(6)1-2-4(7)8;;/h23,29-30,32-33,35,37,45H,5-22,24-27H2,1-4H3;3-8,10,12-13,19-20,23-24H,9,11H2,1-2H3,(H,21,22);1-2H,(H,5,6)(H,7,8);2*1H2/b;;2-1+;;/t29-,30-,32-,33-,35+,37+,38-,39-,40-,41+;13-,19+;;;/m01.../s1. The summed E-state index contributed by atoms with van der Waals surface area (Å²) in [5.74, 6) is -4.25. The van der Waals surface area contributed by atoms with Crippen LogP contribution in [0.3, 0.4) is 0 Å². The normalized spacial score (nSPS) is 27.6. The SMILES string of the molecule is CCCCCCCCCCCCCCCC(=O)OCC(=O)[C@@]12O[C@H](CCC)O[C@@H]1C[C@H]1[C@@H]3C[C@H](F)C4=CC(=O)CC[C@]4(C)[C@@]3(F)[C@@H](O)C[C@@]12C.COc1ccc(C[C@@H](C)NC[C@H](O)c2ccc(O)c(NC=O)c2)cc1.O.O.O=C(O)/C=C/C(=O)O. The van der Waals surface area contributed by atoms with E-state index >= 15 is 8.78 Å². The molecule has 11 N–H and O–H groups in total. The lowest BCUT2D eigenvalue weighted by molar-refractivity contribution is -0.242. The molecule has 85 heavy (non-hydrogen) atoms. The molecule has 2 aromatic rings. The Hall–Kier alpha value is -5.68. The Morgan fingerprint density at radius 2 is 1.46 bits per heavy atom. The number of halogens is 2. The molecule has 4 fully saturated rings. The van der Waals surface area contributed by atoms with Crippen molar-refractivity contribution >= 4 is 41.6 Å². The highest BCUT2D eigenvalue weighted by molar-refractivity contribution is 5.93. The molecule has 19 nitrogen and oxygen atoms in total. The number of aromatic hydroxyl groups is 1. The topological polar surface area (TPSA) is 328 Å². The van der Waals surface area contributed by atoms with Crippen molar-refractivity contribution in [1.82, 2.24) is 5.32 Å². The van der Waals surface area contributed by atoms with E-state index < -0.39 is 95.0 Å². The third-order valence-corrected chi connectivity index (χ3v) is 18.0. The van der Waals surface area contributed by atoms with Crippen molar-refractivity contribution in [2.24, 2.45) is 22.7 Å². The van der Waals surface area contributed by atoms with Crippen LogP contribution in [-0.4, -0.2) is 135 Å². The molecule has 12 atom stereocenters. The average Bonchev–Trinajstić information content (AvgIpc) is 1.70. The Balaban J connectivity index is 0.000000450. The maximum atomic E-state index is 17.7. The number of methoxy groups -OCH3 is 1. The van der Waals surface area contributed by atoms with Crippen LogP contribution in [0.4, 0.5) is 14.5 Å². The number of phenols is 1. The van der Waals surface area contributed by atoms with Crippen LogP contribution >= 0.6 is 0 Å². The molecule has 1 heterocycles. The minimum absolute atomic E-state index is 0. The van der Waals surface area contributed by atoms with E-state index in [4.69, 9.17) is 29.2 Å². The third kappa shape index (κ3) is 18.4. The summed E-state index contributed by atoms with van der Waals surface area (Å²) in [6, 6.07) is 12.7. The summed E-state index contributed by atoms with van der Waals surface area (Å²) in [6.07, 6.45) is 15.9. The van der Waals surface area contributed by atoms with Crippen molar-refractivity contribution in [2.75, 3.05) is 25.6 Å². The van der Waals surface area contributed by atoms with Gasteiger partial charge < -0.3 is 66.1 Å². The number of aliphatic hydroxyl groups excluding tert-OH is 2. The van der Waals surface area contributed by atoms with Crippen molar-refractivity contribution in [3.8, 4) is 11.5 Å². The van der Waals surface area contributed by atoms with Crippen LogP contribution in [0, 0.1) is 22.7 Å². The Morgan fingerprint density at radius 3 is 2.02 bits per heavy atom. The van der Waals surface area contributed by atoms with E-state index in [1.807, 2.05) is 45.0 Å². The number of aliphatic hydroxyl groups is 2. The fourth-order valence-electron chi connectivity index (χ4n) is 13.6. The highest BCUT2D eigenvalue weighted by Gasteiger charge is 2.80. The smallest absolute Gasteiger partial charge is 0.328 e. The fraction of sp³-hybridized carbons (Fsp3) is 0.656. The summed E-state index contributed by atoms with van der Waals surface area (Å²) >= 11 is 0. The van der Waals surface area contributed by atoms with Crippen LogP contribution in [0.25, 0.3) is 0 Å². The monoisotopic (exact) mass is 1200 g/mol. The molecule has 4 aliphatic carbocycles. The number of Topliss-reactive ketones (excluding diaryl/α,β-unsaturated/α-hetero) is 1. The van der Waals surface area contributed by atoms with Gasteiger partial charge in [0.1, 0.15) is 23.3 Å². The largest absolute Gasteiger partial charge is 0.506 e. The highest BCUT2D eigenvalue weighted by atomic mass is 19.1. The van der Waals surface area contributed by atoms with E-state index in [2.05, 4.69) is 17.6 Å². The van der Waals surface area contributed by atoms with Crippen LogP contribution in [-0.2, 0) is 49.4 Å². The Labute approximate surface area is 499 Å². The number of rotatable bonds is 30. The summed E-state index contributed by atoms with van der Waals surface area (Å²) in [6.45, 7) is 9.65. The van der Waals surface area contributed by atoms with E-state index in [0.29, 0.717) is 43.5 Å². The Morgan fingerprint density at radius 1 is 0.859 bits per heavy atom. The van der Waals surface area contributed by atoms with E-state index in [1.54, 1.807) is 26.2 Å². The molecule has 1 aliphatic heterocycles. The van der Waals surface area contributed by atoms with Gasteiger partial charge in [0.15, 0.2) is 24.3 Å². The second kappa shape index (κ2) is 34.6. The highest BCUT2D eigenvalue weighted by Crippen LogP contribution is 2.72. The number of alkyl halides is 2. The Bertz CT molecular complexity index is 2520. The molecule has 21 heteroatoms. The van der Waals surface area contributed by atoms with Crippen molar-refractivity contribution in [3.05, 3.63) is 77.4 Å². The van der Waals surface area contributed by atoms with Gasteiger partial charge in [0.2, 0.25) is 12.2 Å². The molecular formula is C64H96F2N2O17. The molecule has 0 unspecified atom stereocenters. The van der Waals surface area contributed by atoms with Crippen molar-refractivity contribution < 1.29 is 93.0 Å². The first kappa shape index (κ1) is 73.6. The van der Waals surface area contributed by atoms with E-state index in [1.165, 1.54) is 75.5 Å². The minimum Gasteiger partial charge on any atom is -0.506 e. The van der Waals surface area contributed by atoms with E-state index in [9.17, 15) is 44.1 Å². The van der Waals surface area contributed by atoms with Gasteiger partial charge in [-0.25, -0.2) is 18.4 Å². The van der Waals surface area contributed by atoms with Gasteiger partial charge in [0.05, 0.1) is 31.1 Å². The zero-order valence-corrected chi connectivity index (χ0v) is 50.5. The number of carbonyl (C=O) groups excluding carboxylic acids is 4. The first-order chi connectivity index (χ1) is 39.5. The van der Waals surface area contributed by atoms with Gasteiger partial charge in [0.25, 0.3) is 0 Å². The maximum Gasteiger partial charge on any atom is 0.328 e. The third-order valence-electron chi connectivity index (χ3n) is 18.0. The number of phenolic OH excluding ortho intramolecular Hbond substituents is 1. The maximum absolute atomic E-state index is 17.7. The van der Waals surface area contributed by atoms with Crippen LogP contribution in [0.5, 0.6) is 11.5 Å². The minimum atomic E-state index is -2.18. The van der Waals surface area contributed by atoms with Crippen molar-refractivity contribution in [2.45, 2.75) is 224 Å². The molecule has 478 valence electrons. The number of unbranched alkanes of at least 4 members (excludes halogenated alkanes) is 12. The van der Waals surface area contributed by atoms with Gasteiger partial charge in [-0.05, 0) is 105 Å². The zero-order chi connectivity index (χ0) is 61.0. The number of carbonyl (C=O) groups is 6. The van der Waals surface area contributed by atoms with E-state index in [-0.39, 0.29) is 78.3 Å². The quantitative estimate of drug-likeness (QED) is 0.0126. The number of hydrogen-bond acceptors (Lipinski definition) is 14. The molecule has 0 radical (unpaired) electrons. The number of esters is 1. The number of nitrogens with one attached hydrogen (secondary N) is 2. The summed E-state index contributed by atoms with van der Waals surface area (Å²) in [7, 11) is 1.64. The molecule has 0 spiro atoms. The number of carboxylic acid groups (broad SMARTS) is 2. The average molecular weight is 1200 g/mol. The summed E-state index contributed by atoms with van der Waals surface area (Å²) in [5, 5.41) is 53.1. The van der Waals surface area contributed by atoms with Gasteiger partial charge in [-0.2, -0.15) is 0 Å². The van der Waals surface area contributed by atoms with Crippen LogP contribution < -0.4 is 15.4 Å². The predicted octanol–water partition coefficient (Wildman–Crippen LogP) is 9.30. The molecule has 0 aromatic heterocycles. The van der Waals surface area contributed by atoms with Crippen LogP contribution in [0.1, 0.15) is 187 Å². The molecule has 3 saturated carbocycles. The summed E-state index contributed by atoms with van der Waals surface area (Å²) < 4.78 is 57.2. The molecule has 1 amide bonds. The van der Waals surface area contributed by atoms with Crippen molar-refractivity contribution in [1.29, 1.82) is 0 Å². The van der Waals surface area contributed by atoms with E-state index in [0.717, 1.165) is 37.9 Å². The first-order valence-electron chi connectivity index (χ1n) is 30.0. The molecule has 7 rings (SSSR count). The number of anilines is 1. The van der Waals surface area contributed by atoms with Gasteiger partial charge in [-0.1, -0.05) is 129 Å². The number of fused-ring (bicyclic) bond motifs is 7. The lowest BCUT2D eigenvalue weighted by atomic mass is 9.43. The first-order valence-corrected chi connectivity index (χ1v) is 30.0. The number of hydrogen-bond donors (Lipinski definition) is 7. The summed E-state index contributed by atoms with van der Waals surface area (Å²) in [5.41, 5.74) is -3.94. The van der Waals surface area contributed by atoms with Gasteiger partial charge in [-0.3, -0.25) is 19.2 Å². The summed E-state index contributed by atoms with van der Waals surface area (Å²) in [4.78, 5) is 69.0. The van der Waals surface area contributed by atoms with Gasteiger partial charge in [0, 0.05) is 54.3 Å². The van der Waals surface area contributed by atoms with Crippen molar-refractivity contribution in [3.63, 3.8) is 0 Å². The number of amides is 1. The number of allylic oxidation sites excluding steroid dienone is 1. The lowest BCUT2D eigenvalue weighted by Gasteiger charge is -2.64. The van der Waals surface area contributed by atoms with Crippen LogP contribution in [0.2, 0.25) is 0 Å². The lowest BCUT2D eigenvalue weighted by Crippen LogP contribution is -2.71. The Kier molecular flexibility index (Phi) is 30.0. The number of benzene rings is 2. The number of ketones is 2. The molecular weight excluding hydrogens is 1110 g/mol. The van der Waals surface area contributed by atoms with Gasteiger partial charge in [-0.15, -0.1) is 0 Å². The fourth-order valence-corrected chi connectivity index (χ4v) is 13.6. The second-order valence-corrected chi connectivity index (χ2v) is 23.7. The second-order valence-electron chi connectivity index (χ2n) is 23.7. The molecule has 5 aliphatic rings. The zero-order valence-electron chi connectivity index (χ0n) is 50.5. The number of carboxylic acids is 2. The number of aliphatic carboxylic acids is 2. The molecule has 2 aromatic carbocycles. The molecule has 1 saturated heterocycles. The molecule has 0 bridgehead atoms.